The molecule has 6 heteroatoms. The molecule has 1 heterocycles. The van der Waals surface area contributed by atoms with E-state index >= 15 is 0 Å². The number of rotatable bonds is 2. The molecule has 0 saturated heterocycles. The summed E-state index contributed by atoms with van der Waals surface area (Å²) in [5.41, 5.74) is 0.991. The third-order valence-electron chi connectivity index (χ3n) is 2.93. The summed E-state index contributed by atoms with van der Waals surface area (Å²) in [5, 5.41) is 4.23. The van der Waals surface area contributed by atoms with Crippen LogP contribution in [0.4, 0.5) is 5.69 Å². The number of nitrogens with one attached hydrogen (secondary N) is 1. The Morgan fingerprint density at radius 1 is 1.10 bits per heavy atom. The third-order valence-corrected chi connectivity index (χ3v) is 4.25. The van der Waals surface area contributed by atoms with Gasteiger partial charge >= 0.3 is 0 Å². The Kier molecular flexibility index (Phi) is 3.93. The normalized spacial score (nSPS) is 10.8. The Labute approximate surface area is 139 Å². The zero-order chi connectivity index (χ0) is 15.0. The number of fused-ring (bicyclic) bond motifs is 1. The highest BCUT2D eigenvalue weighted by Crippen LogP contribution is 2.31. The Balaban J connectivity index is 1.96. The first-order valence-corrected chi connectivity index (χ1v) is 7.54. The Morgan fingerprint density at radius 2 is 1.76 bits per heavy atom. The van der Waals surface area contributed by atoms with Crippen molar-refractivity contribution < 1.29 is 9.21 Å². The number of carbonyl (C=O) groups excluding carboxylic acids is 1. The van der Waals surface area contributed by atoms with E-state index in [2.05, 4.69) is 21.2 Å². The van der Waals surface area contributed by atoms with E-state index in [0.717, 1.165) is 9.86 Å². The fourth-order valence-electron chi connectivity index (χ4n) is 1.93. The van der Waals surface area contributed by atoms with E-state index in [1.807, 2.05) is 12.1 Å². The number of para-hydroxylation sites is 1. The van der Waals surface area contributed by atoms with Gasteiger partial charge in [0.05, 0.1) is 15.7 Å². The van der Waals surface area contributed by atoms with Crippen LogP contribution in [-0.2, 0) is 0 Å². The van der Waals surface area contributed by atoms with Gasteiger partial charge in [0.15, 0.2) is 5.76 Å². The number of hydrogen-bond acceptors (Lipinski definition) is 2. The van der Waals surface area contributed by atoms with Crippen molar-refractivity contribution in [1.29, 1.82) is 0 Å². The number of furan rings is 1. The van der Waals surface area contributed by atoms with Crippen molar-refractivity contribution in [3.63, 3.8) is 0 Å². The second-order valence-electron chi connectivity index (χ2n) is 4.31. The maximum atomic E-state index is 12.3. The number of carbonyl (C=O) groups is 1. The highest BCUT2D eigenvalue weighted by molar-refractivity contribution is 9.10. The zero-order valence-corrected chi connectivity index (χ0v) is 13.6. The second kappa shape index (κ2) is 5.72. The predicted octanol–water partition coefficient (Wildman–Crippen LogP) is 5.75. The lowest BCUT2D eigenvalue weighted by Gasteiger charge is -2.07. The van der Waals surface area contributed by atoms with Crippen molar-refractivity contribution in [2.75, 3.05) is 5.32 Å². The topological polar surface area (TPSA) is 42.2 Å². The molecule has 0 fully saturated rings. The Bertz CT molecular complexity index is 825. The van der Waals surface area contributed by atoms with Crippen LogP contribution in [0, 0.1) is 0 Å². The molecule has 3 nitrogen and oxygen atoms in total. The van der Waals surface area contributed by atoms with Crippen LogP contribution in [-0.4, -0.2) is 5.91 Å². The summed E-state index contributed by atoms with van der Waals surface area (Å²) in [5.74, 6) is -0.221. The van der Waals surface area contributed by atoms with Gasteiger partial charge in [0.1, 0.15) is 5.58 Å². The van der Waals surface area contributed by atoms with Crippen molar-refractivity contribution in [2.45, 2.75) is 0 Å². The largest absolute Gasteiger partial charge is 0.451 e. The molecular weight excluding hydrogens is 377 g/mol. The lowest BCUT2D eigenvalue weighted by molar-refractivity contribution is 0.0998. The summed E-state index contributed by atoms with van der Waals surface area (Å²) in [4.78, 5) is 12.3. The molecule has 21 heavy (non-hydrogen) atoms. The summed E-state index contributed by atoms with van der Waals surface area (Å²) in [6.45, 7) is 0. The molecule has 0 aliphatic rings. The average molecular weight is 385 g/mol. The minimum Gasteiger partial charge on any atom is -0.451 e. The number of amides is 1. The molecule has 1 amide bonds. The van der Waals surface area contributed by atoms with E-state index in [1.165, 1.54) is 0 Å². The lowest BCUT2D eigenvalue weighted by atomic mass is 10.2. The van der Waals surface area contributed by atoms with Crippen LogP contribution in [0.2, 0.25) is 10.0 Å². The number of halogens is 3. The minimum absolute atomic E-state index is 0.188. The summed E-state index contributed by atoms with van der Waals surface area (Å²) < 4.78 is 6.39. The maximum Gasteiger partial charge on any atom is 0.291 e. The molecule has 0 aliphatic heterocycles. The molecule has 1 N–H and O–H groups in total. The van der Waals surface area contributed by atoms with Gasteiger partial charge in [-0.2, -0.15) is 0 Å². The molecule has 106 valence electrons. The molecule has 0 atom stereocenters. The average Bonchev–Trinajstić information content (AvgIpc) is 2.88. The van der Waals surface area contributed by atoms with Gasteiger partial charge in [0.2, 0.25) is 0 Å². The number of benzene rings is 2. The zero-order valence-electron chi connectivity index (χ0n) is 10.5. The standard InChI is InChI=1S/C15H8BrCl2NO2/c16-9-3-1-6-12-8(9)7-13(21-12)15(20)19-14-10(17)4-2-5-11(14)18/h1-7H,(H,19,20). The van der Waals surface area contributed by atoms with Crippen LogP contribution in [0.3, 0.4) is 0 Å². The fraction of sp³-hybridized carbons (Fsp3) is 0. The second-order valence-corrected chi connectivity index (χ2v) is 5.98. The first-order chi connectivity index (χ1) is 10.1. The predicted molar refractivity (Wildman–Crippen MR) is 88.3 cm³/mol. The summed E-state index contributed by atoms with van der Waals surface area (Å²) in [6, 6.07) is 12.2. The summed E-state index contributed by atoms with van der Waals surface area (Å²) >= 11 is 15.5. The van der Waals surface area contributed by atoms with E-state index < -0.39 is 5.91 Å². The van der Waals surface area contributed by atoms with Crippen LogP contribution >= 0.6 is 39.1 Å². The molecular formula is C15H8BrCl2NO2. The fourth-order valence-corrected chi connectivity index (χ4v) is 2.88. The molecule has 0 unspecified atom stereocenters. The van der Waals surface area contributed by atoms with E-state index in [0.29, 0.717) is 21.3 Å². The smallest absolute Gasteiger partial charge is 0.291 e. The minimum atomic E-state index is -0.409. The van der Waals surface area contributed by atoms with Gasteiger partial charge in [-0.15, -0.1) is 0 Å². The molecule has 3 rings (SSSR count). The van der Waals surface area contributed by atoms with Gasteiger partial charge in [-0.25, -0.2) is 0 Å². The van der Waals surface area contributed by atoms with Gasteiger partial charge in [-0.3, -0.25) is 4.79 Å². The first-order valence-electron chi connectivity index (χ1n) is 5.99. The maximum absolute atomic E-state index is 12.3. The lowest BCUT2D eigenvalue weighted by Crippen LogP contribution is -2.11. The first kappa shape index (κ1) is 14.4. The molecule has 2 aromatic carbocycles. The van der Waals surface area contributed by atoms with E-state index in [4.69, 9.17) is 27.6 Å². The van der Waals surface area contributed by atoms with Crippen LogP contribution in [0.25, 0.3) is 11.0 Å². The third kappa shape index (κ3) is 2.79. The molecule has 1 aromatic heterocycles. The number of anilines is 1. The van der Waals surface area contributed by atoms with Gasteiger partial charge < -0.3 is 9.73 Å². The summed E-state index contributed by atoms with van der Waals surface area (Å²) in [6.07, 6.45) is 0. The highest BCUT2D eigenvalue weighted by Gasteiger charge is 2.16. The van der Waals surface area contributed by atoms with Crippen LogP contribution in [0.1, 0.15) is 10.6 Å². The van der Waals surface area contributed by atoms with Crippen molar-refractivity contribution in [2.24, 2.45) is 0 Å². The van der Waals surface area contributed by atoms with E-state index in [1.54, 1.807) is 30.3 Å². The van der Waals surface area contributed by atoms with Crippen molar-refractivity contribution in [1.82, 2.24) is 0 Å². The van der Waals surface area contributed by atoms with Crippen LogP contribution in [0.5, 0.6) is 0 Å². The van der Waals surface area contributed by atoms with Crippen molar-refractivity contribution in [3.05, 3.63) is 62.7 Å². The number of hydrogen-bond donors (Lipinski definition) is 1. The van der Waals surface area contributed by atoms with Gasteiger partial charge in [0.25, 0.3) is 5.91 Å². The molecule has 0 spiro atoms. The summed E-state index contributed by atoms with van der Waals surface area (Å²) in [7, 11) is 0. The molecule has 0 bridgehead atoms. The van der Waals surface area contributed by atoms with Gasteiger partial charge in [-0.1, -0.05) is 51.3 Å². The molecule has 3 aromatic rings. The molecule has 0 saturated carbocycles. The van der Waals surface area contributed by atoms with Gasteiger partial charge in [0, 0.05) is 9.86 Å². The Morgan fingerprint density at radius 3 is 2.43 bits per heavy atom. The van der Waals surface area contributed by atoms with Crippen molar-refractivity contribution in [3.8, 4) is 0 Å². The van der Waals surface area contributed by atoms with Crippen LogP contribution in [0.15, 0.2) is 51.4 Å². The van der Waals surface area contributed by atoms with Crippen molar-refractivity contribution >= 4 is 61.7 Å². The quantitative estimate of drug-likeness (QED) is 0.610. The van der Waals surface area contributed by atoms with E-state index in [9.17, 15) is 4.79 Å². The molecule has 0 radical (unpaired) electrons. The van der Waals surface area contributed by atoms with E-state index in [-0.39, 0.29) is 5.76 Å². The molecule has 0 aliphatic carbocycles. The SMILES string of the molecule is O=C(Nc1c(Cl)cccc1Cl)c1cc2c(Br)cccc2o1. The Hall–Kier alpha value is -1.49. The monoisotopic (exact) mass is 383 g/mol. The highest BCUT2D eigenvalue weighted by atomic mass is 79.9. The van der Waals surface area contributed by atoms with Crippen LogP contribution < -0.4 is 5.32 Å². The van der Waals surface area contributed by atoms with Gasteiger partial charge in [-0.05, 0) is 30.3 Å².